The summed E-state index contributed by atoms with van der Waals surface area (Å²) in [6.07, 6.45) is 14.6. The van der Waals surface area contributed by atoms with Crippen LogP contribution in [0.1, 0.15) is 38.5 Å². The summed E-state index contributed by atoms with van der Waals surface area (Å²) >= 11 is 0. The number of benzene rings is 2. The fraction of sp³-hybridized carbons (Fsp3) is 0.292. The van der Waals surface area contributed by atoms with E-state index in [9.17, 15) is 0 Å². The van der Waals surface area contributed by atoms with Crippen molar-refractivity contribution < 1.29 is 0 Å². The van der Waals surface area contributed by atoms with Crippen LogP contribution in [0.4, 0.5) is 0 Å². The third-order valence-corrected chi connectivity index (χ3v) is 9.65. The van der Waals surface area contributed by atoms with E-state index in [4.69, 9.17) is 5.26 Å². The zero-order valence-corrected chi connectivity index (χ0v) is 16.2. The lowest BCUT2D eigenvalue weighted by Gasteiger charge is -2.29. The Bertz CT molecular complexity index is 744. The minimum absolute atomic E-state index is 0.671. The van der Waals surface area contributed by atoms with Crippen LogP contribution in [0, 0.1) is 11.3 Å². The van der Waals surface area contributed by atoms with E-state index in [1.165, 1.54) is 28.5 Å². The SMILES string of the molecule is N#CCCCCC[P+](C1=CCCC=C1)(c1ccccc1)c1ccccc1. The average Bonchev–Trinajstić information content (AvgIpc) is 2.73. The Morgan fingerprint density at radius 3 is 2.00 bits per heavy atom. The highest BCUT2D eigenvalue weighted by atomic mass is 31.2. The highest BCUT2D eigenvalue weighted by Gasteiger charge is 2.45. The van der Waals surface area contributed by atoms with Gasteiger partial charge in [-0.3, -0.25) is 0 Å². The molecule has 1 aliphatic rings. The zero-order valence-electron chi connectivity index (χ0n) is 15.3. The molecule has 0 aliphatic heterocycles. The molecule has 0 heterocycles. The molecule has 0 aromatic heterocycles. The molecular weight excluding hydrogens is 333 g/mol. The van der Waals surface area contributed by atoms with Crippen molar-refractivity contribution in [3.05, 3.63) is 84.2 Å². The van der Waals surface area contributed by atoms with Gasteiger partial charge in [0.25, 0.3) is 0 Å². The molecule has 132 valence electrons. The van der Waals surface area contributed by atoms with E-state index in [2.05, 4.69) is 85.0 Å². The zero-order chi connectivity index (χ0) is 18.1. The van der Waals surface area contributed by atoms with Crippen molar-refractivity contribution in [2.45, 2.75) is 38.5 Å². The molecule has 2 aromatic rings. The molecular formula is C24H27NP+. The standard InChI is InChI=1S/C24H27NP/c25-20-12-1-2-13-21-26(22-14-6-3-7-15-22,23-16-8-4-9-17-23)24-18-10-5-11-19-24/h3-4,6-10,14-19H,1-2,5,11-13,21H2/q+1. The van der Waals surface area contributed by atoms with Crippen molar-refractivity contribution in [2.24, 2.45) is 0 Å². The second kappa shape index (κ2) is 9.51. The number of allylic oxidation sites excluding steroid dienone is 4. The number of nitriles is 1. The maximum atomic E-state index is 8.82. The van der Waals surface area contributed by atoms with Crippen LogP contribution in [0.5, 0.6) is 0 Å². The molecule has 0 saturated heterocycles. The normalized spacial score (nSPS) is 13.9. The number of unbranched alkanes of at least 4 members (excludes halogenated alkanes) is 3. The molecule has 2 heteroatoms. The first kappa shape index (κ1) is 18.6. The Kier molecular flexibility index (Phi) is 6.82. The number of hydrogen-bond donors (Lipinski definition) is 0. The van der Waals surface area contributed by atoms with Crippen molar-refractivity contribution >= 4 is 17.9 Å². The van der Waals surface area contributed by atoms with Crippen molar-refractivity contribution in [3.8, 4) is 6.07 Å². The lowest BCUT2D eigenvalue weighted by atomic mass is 10.2. The predicted octanol–water partition coefficient (Wildman–Crippen LogP) is 5.97. The molecule has 0 unspecified atom stereocenters. The monoisotopic (exact) mass is 360 g/mol. The number of rotatable bonds is 8. The Morgan fingerprint density at radius 2 is 1.46 bits per heavy atom. The van der Waals surface area contributed by atoms with Gasteiger partial charge in [-0.2, -0.15) is 5.26 Å². The van der Waals surface area contributed by atoms with Crippen LogP contribution >= 0.6 is 7.26 Å². The molecule has 0 bridgehead atoms. The van der Waals surface area contributed by atoms with Gasteiger partial charge in [0.1, 0.15) is 23.2 Å². The molecule has 0 N–H and O–H groups in total. The summed E-state index contributed by atoms with van der Waals surface area (Å²) in [6, 6.07) is 24.5. The predicted molar refractivity (Wildman–Crippen MR) is 114 cm³/mol. The summed E-state index contributed by atoms with van der Waals surface area (Å²) in [5, 5.41) is 13.3. The molecule has 0 spiro atoms. The van der Waals surface area contributed by atoms with Crippen LogP contribution in [0.15, 0.2) is 84.2 Å². The minimum atomic E-state index is -1.63. The van der Waals surface area contributed by atoms with Crippen LogP contribution in [0.2, 0.25) is 0 Å². The Balaban J connectivity index is 2.04. The Labute approximate surface area is 158 Å². The van der Waals surface area contributed by atoms with E-state index in [1.807, 2.05) is 0 Å². The first-order chi connectivity index (χ1) is 12.9. The van der Waals surface area contributed by atoms with Gasteiger partial charge < -0.3 is 0 Å². The summed E-state index contributed by atoms with van der Waals surface area (Å²) in [5.74, 6) is 0. The van der Waals surface area contributed by atoms with Crippen LogP contribution in [-0.2, 0) is 0 Å². The van der Waals surface area contributed by atoms with Gasteiger partial charge in [0.05, 0.1) is 12.2 Å². The molecule has 3 rings (SSSR count). The van der Waals surface area contributed by atoms with Crippen molar-refractivity contribution in [1.82, 2.24) is 0 Å². The van der Waals surface area contributed by atoms with Crippen molar-refractivity contribution in [1.29, 1.82) is 5.26 Å². The third-order valence-electron chi connectivity index (χ3n) is 5.09. The summed E-state index contributed by atoms with van der Waals surface area (Å²) in [5.41, 5.74) is 0. The van der Waals surface area contributed by atoms with Gasteiger partial charge in [-0.1, -0.05) is 42.5 Å². The average molecular weight is 360 g/mol. The maximum absolute atomic E-state index is 8.82. The number of nitrogens with zero attached hydrogens (tertiary/aromatic N) is 1. The Morgan fingerprint density at radius 1 is 0.808 bits per heavy atom. The van der Waals surface area contributed by atoms with Crippen LogP contribution in [0.3, 0.4) is 0 Å². The largest absolute Gasteiger partial charge is 0.198 e. The quantitative estimate of drug-likeness (QED) is 0.420. The van der Waals surface area contributed by atoms with E-state index in [0.717, 1.165) is 25.7 Å². The van der Waals surface area contributed by atoms with Crippen LogP contribution in [0.25, 0.3) is 0 Å². The van der Waals surface area contributed by atoms with E-state index in [-0.39, 0.29) is 0 Å². The van der Waals surface area contributed by atoms with Gasteiger partial charge in [0.15, 0.2) is 0 Å². The molecule has 0 atom stereocenters. The van der Waals surface area contributed by atoms with Crippen LogP contribution < -0.4 is 10.6 Å². The Hall–Kier alpha value is -2.16. The van der Waals surface area contributed by atoms with E-state index in [0.29, 0.717) is 6.42 Å². The van der Waals surface area contributed by atoms with Crippen molar-refractivity contribution in [3.63, 3.8) is 0 Å². The summed E-state index contributed by atoms with van der Waals surface area (Å²) in [7, 11) is -1.63. The second-order valence-electron chi connectivity index (χ2n) is 6.78. The molecule has 26 heavy (non-hydrogen) atoms. The fourth-order valence-corrected chi connectivity index (χ4v) is 8.34. The molecule has 2 aromatic carbocycles. The topological polar surface area (TPSA) is 23.8 Å². The lowest BCUT2D eigenvalue weighted by Crippen LogP contribution is -2.26. The number of hydrogen-bond acceptors (Lipinski definition) is 1. The van der Waals surface area contributed by atoms with Crippen LogP contribution in [-0.4, -0.2) is 6.16 Å². The first-order valence-electron chi connectivity index (χ1n) is 9.61. The first-order valence-corrected chi connectivity index (χ1v) is 11.6. The molecule has 1 nitrogen and oxygen atoms in total. The van der Waals surface area contributed by atoms with Gasteiger partial charge in [0, 0.05) is 6.42 Å². The molecule has 0 radical (unpaired) electrons. The van der Waals surface area contributed by atoms with Gasteiger partial charge in [-0.15, -0.1) is 0 Å². The maximum Gasteiger partial charge on any atom is 0.111 e. The van der Waals surface area contributed by atoms with Gasteiger partial charge >= 0.3 is 0 Å². The lowest BCUT2D eigenvalue weighted by molar-refractivity contribution is 0.737. The van der Waals surface area contributed by atoms with E-state index < -0.39 is 7.26 Å². The highest BCUT2D eigenvalue weighted by Crippen LogP contribution is 2.65. The van der Waals surface area contributed by atoms with Crippen molar-refractivity contribution in [2.75, 3.05) is 6.16 Å². The van der Waals surface area contributed by atoms with Gasteiger partial charge in [-0.25, -0.2) is 0 Å². The summed E-state index contributed by atoms with van der Waals surface area (Å²) in [4.78, 5) is 0. The third kappa shape index (κ3) is 4.14. The summed E-state index contributed by atoms with van der Waals surface area (Å²) < 4.78 is 0. The van der Waals surface area contributed by atoms with E-state index in [1.54, 1.807) is 0 Å². The molecule has 0 saturated carbocycles. The van der Waals surface area contributed by atoms with Gasteiger partial charge in [-0.05, 0) is 68.5 Å². The smallest absolute Gasteiger partial charge is 0.111 e. The molecule has 0 amide bonds. The van der Waals surface area contributed by atoms with Gasteiger partial charge in [0.2, 0.25) is 0 Å². The molecule has 1 aliphatic carbocycles. The minimum Gasteiger partial charge on any atom is -0.198 e. The fourth-order valence-electron chi connectivity index (χ4n) is 3.81. The highest BCUT2D eigenvalue weighted by molar-refractivity contribution is 7.93. The van der Waals surface area contributed by atoms with E-state index >= 15 is 0 Å². The molecule has 0 fully saturated rings. The summed E-state index contributed by atoms with van der Waals surface area (Å²) in [6.45, 7) is 0. The second-order valence-corrected chi connectivity index (χ2v) is 10.4.